The van der Waals surface area contributed by atoms with Gasteiger partial charge in [-0.1, -0.05) is 6.07 Å². The van der Waals surface area contributed by atoms with E-state index in [0.717, 1.165) is 17.5 Å². The number of ketones is 1. The molecule has 1 spiro atoms. The second kappa shape index (κ2) is 4.90. The van der Waals surface area contributed by atoms with Crippen molar-refractivity contribution in [1.29, 1.82) is 0 Å². The summed E-state index contributed by atoms with van der Waals surface area (Å²) in [4.78, 5) is 12.8. The number of piperidine rings is 1. The zero-order valence-electron chi connectivity index (χ0n) is 15.8. The minimum absolute atomic E-state index is 0.0189. The maximum absolute atomic E-state index is 12.8. The molecule has 1 saturated heterocycles. The molecule has 1 aromatic rings. The highest BCUT2D eigenvalue weighted by atomic mass is 16.5. The Kier molecular flexibility index (Phi) is 3.01. The monoisotopic (exact) mass is 388 g/mol. The zero-order chi connectivity index (χ0) is 19.6. The zero-order valence-corrected chi connectivity index (χ0v) is 15.8. The molecule has 8 atom stereocenters. The molecule has 3 fully saturated rings. The predicted octanol–water partition coefficient (Wildman–Crippen LogP) is -0.0408. The number of likely N-dealkylation sites (N-methyl/N-ethyl adjacent to an activating group) is 1. The second-order valence-electron chi connectivity index (χ2n) is 9.80. The molecule has 28 heavy (non-hydrogen) atoms. The molecule has 0 amide bonds. The predicted molar refractivity (Wildman–Crippen MR) is 96.7 cm³/mol. The van der Waals surface area contributed by atoms with Gasteiger partial charge in [0.2, 0.25) is 0 Å². The van der Waals surface area contributed by atoms with Crippen molar-refractivity contribution in [3.63, 3.8) is 0 Å². The summed E-state index contributed by atoms with van der Waals surface area (Å²) in [6.07, 6.45) is 0.0610. The van der Waals surface area contributed by atoms with Crippen LogP contribution >= 0.6 is 0 Å². The molecule has 5 aliphatic rings. The van der Waals surface area contributed by atoms with Crippen LogP contribution in [0.4, 0.5) is 0 Å². The van der Waals surface area contributed by atoms with Gasteiger partial charge in [0.25, 0.3) is 0 Å². The molecule has 0 aromatic heterocycles. The number of quaternary nitrogens is 1. The van der Waals surface area contributed by atoms with Crippen molar-refractivity contribution in [1.82, 2.24) is 0 Å². The van der Waals surface area contributed by atoms with E-state index < -0.39 is 23.3 Å². The Balaban J connectivity index is 1.59. The van der Waals surface area contributed by atoms with Crippen molar-refractivity contribution in [2.75, 3.05) is 13.6 Å². The first-order valence-corrected chi connectivity index (χ1v) is 10.2. The third-order valence-corrected chi connectivity index (χ3v) is 8.55. The van der Waals surface area contributed by atoms with E-state index in [1.807, 2.05) is 13.1 Å². The van der Waals surface area contributed by atoms with Gasteiger partial charge in [-0.05, 0) is 24.5 Å². The molecule has 0 radical (unpaired) electrons. The molecule has 150 valence electrons. The van der Waals surface area contributed by atoms with Gasteiger partial charge in [0, 0.05) is 30.7 Å². The number of aliphatic hydroxyl groups excluding tert-OH is 2. The fraction of sp³-hybridized carbons (Fsp3) is 0.667. The largest absolute Gasteiger partial charge is 0.504 e. The first-order chi connectivity index (χ1) is 13.2. The molecule has 7 heteroatoms. The summed E-state index contributed by atoms with van der Waals surface area (Å²) >= 11 is 0. The average Bonchev–Trinajstić information content (AvgIpc) is 3.19. The van der Waals surface area contributed by atoms with Crippen LogP contribution in [0.25, 0.3) is 0 Å². The molecular weight excluding hydrogens is 362 g/mol. The Bertz CT molecular complexity index is 918. The number of likely N-dealkylation sites (tertiary alicyclic amines) is 1. The first kappa shape index (κ1) is 17.2. The van der Waals surface area contributed by atoms with Crippen LogP contribution in [0.2, 0.25) is 0 Å². The minimum Gasteiger partial charge on any atom is -0.504 e. The lowest BCUT2D eigenvalue weighted by Crippen LogP contribution is -2.83. The van der Waals surface area contributed by atoms with Crippen LogP contribution in [-0.4, -0.2) is 74.4 Å². The van der Waals surface area contributed by atoms with Crippen LogP contribution in [0.5, 0.6) is 11.5 Å². The number of ether oxygens (including phenoxy) is 1. The van der Waals surface area contributed by atoms with Gasteiger partial charge < -0.3 is 25.2 Å². The van der Waals surface area contributed by atoms with Gasteiger partial charge in [0.1, 0.15) is 11.6 Å². The Morgan fingerprint density at radius 1 is 1.32 bits per heavy atom. The van der Waals surface area contributed by atoms with E-state index >= 15 is 0 Å². The molecular formula is C21H26NO6+. The Labute approximate surface area is 162 Å². The molecule has 2 bridgehead atoms. The number of nitrogens with zero attached hydrogens (tertiary/aromatic N) is 1. The lowest BCUT2D eigenvalue weighted by molar-refractivity contribution is -0.992. The summed E-state index contributed by atoms with van der Waals surface area (Å²) in [5.41, 5.74) is -0.521. The fourth-order valence-corrected chi connectivity index (χ4v) is 7.00. The van der Waals surface area contributed by atoms with Gasteiger partial charge in [-0.15, -0.1) is 0 Å². The maximum Gasteiger partial charge on any atom is 0.191 e. The van der Waals surface area contributed by atoms with E-state index in [1.165, 1.54) is 0 Å². The summed E-state index contributed by atoms with van der Waals surface area (Å²) in [7, 11) is 1.97. The number of Topliss-reactive ketones (excluding diaryl/α,β-unsaturated/α-hetero) is 1. The lowest BCUT2D eigenvalue weighted by atomic mass is 9.48. The third-order valence-electron chi connectivity index (χ3n) is 8.55. The minimum atomic E-state index is -1.20. The molecule has 2 saturated carbocycles. The van der Waals surface area contributed by atoms with Crippen LogP contribution in [-0.2, 0) is 16.6 Å². The topological polar surface area (TPSA) is 107 Å². The van der Waals surface area contributed by atoms with Gasteiger partial charge >= 0.3 is 0 Å². The summed E-state index contributed by atoms with van der Waals surface area (Å²) in [6, 6.07) is 3.16. The highest BCUT2D eigenvalue weighted by molar-refractivity contribution is 5.90. The molecule has 7 nitrogen and oxygen atoms in total. The Morgan fingerprint density at radius 3 is 2.79 bits per heavy atom. The molecule has 1 aromatic carbocycles. The van der Waals surface area contributed by atoms with Crippen LogP contribution in [0.15, 0.2) is 12.1 Å². The number of phenolic OH excluding ortho intramolecular Hbond substituents is 1. The van der Waals surface area contributed by atoms with Crippen molar-refractivity contribution in [2.24, 2.45) is 5.92 Å². The summed E-state index contributed by atoms with van der Waals surface area (Å²) in [6.45, 7) is 0.602. The summed E-state index contributed by atoms with van der Waals surface area (Å²) < 4.78 is 6.27. The number of hydrogen-bond acceptors (Lipinski definition) is 6. The van der Waals surface area contributed by atoms with Crippen molar-refractivity contribution in [3.8, 4) is 11.5 Å². The molecule has 4 N–H and O–H groups in total. The number of aliphatic hydroxyl groups is 3. The second-order valence-corrected chi connectivity index (χ2v) is 9.80. The van der Waals surface area contributed by atoms with Gasteiger partial charge in [0.15, 0.2) is 29.6 Å². The van der Waals surface area contributed by atoms with E-state index in [2.05, 4.69) is 0 Å². The van der Waals surface area contributed by atoms with E-state index in [-0.39, 0.29) is 46.9 Å². The van der Waals surface area contributed by atoms with Gasteiger partial charge in [-0.3, -0.25) is 9.28 Å². The number of hydrogen-bond donors (Lipinski definition) is 4. The number of phenols is 1. The quantitative estimate of drug-likeness (QED) is 0.530. The average molecular weight is 388 g/mol. The standard InChI is InChI=1S/C21H25NO6/c1-22(9-11-6-14(11)25)15-7-10-2-3-12(23)18-17(10)20(8-16(22)26)19(28-18)13(24)4-5-21(15,20)27/h2-3,11,14-16,19,25-27H,4-9H2,1H3/p+1/t11?,14?,15-,16?,19+,20+,21-,22-/m1/s1. The van der Waals surface area contributed by atoms with Crippen molar-refractivity contribution in [2.45, 2.75) is 67.6 Å². The van der Waals surface area contributed by atoms with E-state index in [0.29, 0.717) is 25.1 Å². The Morgan fingerprint density at radius 2 is 2.07 bits per heavy atom. The van der Waals surface area contributed by atoms with Crippen molar-refractivity contribution < 1.29 is 34.4 Å². The van der Waals surface area contributed by atoms with Gasteiger partial charge in [-0.25, -0.2) is 0 Å². The smallest absolute Gasteiger partial charge is 0.191 e. The SMILES string of the molecule is C[N@+]1(CC2CC2O)C(O)C[C@]23c4c5ccc(O)c4O[C@H]2C(=O)CC[C@@]3(O)[C@H]1C5. The fourth-order valence-electron chi connectivity index (χ4n) is 7.00. The number of benzene rings is 1. The number of carbonyl (C=O) groups is 1. The van der Waals surface area contributed by atoms with E-state index in [9.17, 15) is 25.2 Å². The molecule has 3 aliphatic carbocycles. The number of carbonyl (C=O) groups excluding carboxylic acids is 1. The van der Waals surface area contributed by atoms with E-state index in [1.54, 1.807) is 6.07 Å². The summed E-state index contributed by atoms with van der Waals surface area (Å²) in [5, 5.41) is 43.8. The van der Waals surface area contributed by atoms with Crippen molar-refractivity contribution in [3.05, 3.63) is 23.3 Å². The maximum atomic E-state index is 12.8. The van der Waals surface area contributed by atoms with Gasteiger partial charge in [0.05, 0.1) is 25.1 Å². The highest BCUT2D eigenvalue weighted by Crippen LogP contribution is 2.66. The molecule has 3 unspecified atom stereocenters. The van der Waals surface area contributed by atoms with Crippen LogP contribution in [0, 0.1) is 5.92 Å². The Hall–Kier alpha value is -1.67. The summed E-state index contributed by atoms with van der Waals surface area (Å²) in [5.74, 6) is 0.341. The van der Waals surface area contributed by atoms with Crippen LogP contribution in [0.3, 0.4) is 0 Å². The molecule has 2 heterocycles. The highest BCUT2D eigenvalue weighted by Gasteiger charge is 2.78. The first-order valence-electron chi connectivity index (χ1n) is 10.2. The van der Waals surface area contributed by atoms with Crippen molar-refractivity contribution >= 4 is 5.78 Å². The van der Waals surface area contributed by atoms with E-state index in [4.69, 9.17) is 4.74 Å². The van der Waals surface area contributed by atoms with Crippen LogP contribution in [0.1, 0.15) is 36.8 Å². The number of rotatable bonds is 2. The van der Waals surface area contributed by atoms with Gasteiger partial charge in [-0.2, -0.15) is 0 Å². The third kappa shape index (κ3) is 1.70. The lowest BCUT2D eigenvalue weighted by Gasteiger charge is -2.65. The molecule has 2 aliphatic heterocycles. The number of aromatic hydroxyl groups is 1. The van der Waals surface area contributed by atoms with Crippen LogP contribution < -0.4 is 4.74 Å². The normalized spacial score (nSPS) is 50.1. The molecule has 6 rings (SSSR count).